The van der Waals surface area contributed by atoms with Gasteiger partial charge in [-0.05, 0) is 25.3 Å². The van der Waals surface area contributed by atoms with E-state index < -0.39 is 5.97 Å². The van der Waals surface area contributed by atoms with Gasteiger partial charge in [0.05, 0.1) is 13.1 Å². The number of piperidine rings is 1. The van der Waals surface area contributed by atoms with Gasteiger partial charge in [0, 0.05) is 19.3 Å². The van der Waals surface area contributed by atoms with Gasteiger partial charge in [-0.2, -0.15) is 0 Å². The van der Waals surface area contributed by atoms with E-state index >= 15 is 0 Å². The Labute approximate surface area is 117 Å². The van der Waals surface area contributed by atoms with Crippen LogP contribution in [-0.4, -0.2) is 51.5 Å². The number of nitrogens with one attached hydrogen (secondary N) is 1. The van der Waals surface area contributed by atoms with E-state index in [0.29, 0.717) is 5.82 Å². The van der Waals surface area contributed by atoms with Crippen LogP contribution in [0.1, 0.15) is 35.6 Å². The van der Waals surface area contributed by atoms with E-state index in [2.05, 4.69) is 15.3 Å². The first-order valence-corrected chi connectivity index (χ1v) is 6.70. The number of carbonyl (C=O) groups is 2. The van der Waals surface area contributed by atoms with Gasteiger partial charge >= 0.3 is 5.97 Å². The lowest BCUT2D eigenvalue weighted by atomic mass is 10.1. The fourth-order valence-electron chi connectivity index (χ4n) is 2.14. The number of rotatable bonds is 5. The minimum Gasteiger partial charge on any atom is -0.477 e. The number of nitrogens with zero attached hydrogens (tertiary/aromatic N) is 3. The van der Waals surface area contributed by atoms with Crippen LogP contribution in [0.2, 0.25) is 0 Å². The largest absolute Gasteiger partial charge is 0.477 e. The standard InChI is InChI=1S/C13H18N4O3/c18-12(17-6-2-1-3-7-17)9-14-8-11-15-5-4-10(16-11)13(19)20/h4-5,14H,1-3,6-9H2,(H,19,20). The highest BCUT2D eigenvalue weighted by molar-refractivity contribution is 5.85. The molecule has 0 aliphatic carbocycles. The first-order chi connectivity index (χ1) is 9.66. The maximum absolute atomic E-state index is 11.9. The molecule has 1 saturated heterocycles. The summed E-state index contributed by atoms with van der Waals surface area (Å²) >= 11 is 0. The zero-order chi connectivity index (χ0) is 14.4. The minimum absolute atomic E-state index is 0.0424. The molecule has 0 spiro atoms. The van der Waals surface area contributed by atoms with Crippen LogP contribution in [0.5, 0.6) is 0 Å². The van der Waals surface area contributed by atoms with Crippen LogP contribution in [0.25, 0.3) is 0 Å². The van der Waals surface area contributed by atoms with Crippen LogP contribution >= 0.6 is 0 Å². The van der Waals surface area contributed by atoms with Gasteiger partial charge in [-0.3, -0.25) is 4.79 Å². The Kier molecular flexibility index (Phi) is 5.00. The van der Waals surface area contributed by atoms with Crippen LogP contribution in [0.4, 0.5) is 0 Å². The summed E-state index contributed by atoms with van der Waals surface area (Å²) in [5.74, 6) is -0.645. The average Bonchev–Trinajstić information content (AvgIpc) is 2.48. The Bertz CT molecular complexity index is 486. The Hall–Kier alpha value is -2.02. The predicted molar refractivity (Wildman–Crippen MR) is 71.1 cm³/mol. The smallest absolute Gasteiger partial charge is 0.354 e. The average molecular weight is 278 g/mol. The third-order valence-corrected chi connectivity index (χ3v) is 3.19. The minimum atomic E-state index is -1.09. The fraction of sp³-hybridized carbons (Fsp3) is 0.538. The molecule has 2 rings (SSSR count). The van der Waals surface area contributed by atoms with Crippen molar-refractivity contribution in [1.29, 1.82) is 0 Å². The number of likely N-dealkylation sites (tertiary alicyclic amines) is 1. The highest BCUT2D eigenvalue weighted by Gasteiger charge is 2.15. The molecule has 108 valence electrons. The molecule has 0 saturated carbocycles. The maximum Gasteiger partial charge on any atom is 0.354 e. The number of amides is 1. The summed E-state index contributed by atoms with van der Waals surface area (Å²) < 4.78 is 0. The Morgan fingerprint density at radius 2 is 2.05 bits per heavy atom. The monoisotopic (exact) mass is 278 g/mol. The van der Waals surface area contributed by atoms with E-state index in [1.165, 1.54) is 18.7 Å². The van der Waals surface area contributed by atoms with Gasteiger partial charge in [0.2, 0.25) is 5.91 Å². The molecule has 0 aromatic carbocycles. The zero-order valence-corrected chi connectivity index (χ0v) is 11.2. The normalized spacial score (nSPS) is 15.1. The second-order valence-corrected chi connectivity index (χ2v) is 4.71. The summed E-state index contributed by atoms with van der Waals surface area (Å²) in [5, 5.41) is 11.8. The molecule has 20 heavy (non-hydrogen) atoms. The molecule has 2 heterocycles. The van der Waals surface area contributed by atoms with Gasteiger partial charge in [0.25, 0.3) is 0 Å². The molecule has 1 amide bonds. The Morgan fingerprint density at radius 3 is 2.75 bits per heavy atom. The van der Waals surface area contributed by atoms with Crippen molar-refractivity contribution < 1.29 is 14.7 Å². The van der Waals surface area contributed by atoms with Gasteiger partial charge in [0.1, 0.15) is 5.82 Å². The Balaban J connectivity index is 1.79. The summed E-state index contributed by atoms with van der Waals surface area (Å²) in [6.45, 7) is 2.15. The van der Waals surface area contributed by atoms with Crippen molar-refractivity contribution in [2.45, 2.75) is 25.8 Å². The first kappa shape index (κ1) is 14.4. The van der Waals surface area contributed by atoms with Crippen molar-refractivity contribution in [1.82, 2.24) is 20.2 Å². The van der Waals surface area contributed by atoms with Gasteiger partial charge in [-0.15, -0.1) is 0 Å². The molecule has 1 aliphatic heterocycles. The van der Waals surface area contributed by atoms with E-state index in [9.17, 15) is 9.59 Å². The summed E-state index contributed by atoms with van der Waals surface area (Å²) in [7, 11) is 0. The van der Waals surface area contributed by atoms with Crippen molar-refractivity contribution in [3.05, 3.63) is 23.8 Å². The number of carboxylic acids is 1. The molecule has 1 aromatic rings. The summed E-state index contributed by atoms with van der Waals surface area (Å²) in [5.41, 5.74) is -0.0424. The maximum atomic E-state index is 11.9. The SMILES string of the molecule is O=C(O)c1ccnc(CNCC(=O)N2CCCCC2)n1. The van der Waals surface area contributed by atoms with Crippen molar-refractivity contribution in [2.75, 3.05) is 19.6 Å². The molecule has 2 N–H and O–H groups in total. The second-order valence-electron chi connectivity index (χ2n) is 4.71. The molecule has 0 unspecified atom stereocenters. The molecule has 7 heteroatoms. The van der Waals surface area contributed by atoms with Crippen molar-refractivity contribution in [2.24, 2.45) is 0 Å². The lowest BCUT2D eigenvalue weighted by Crippen LogP contribution is -2.41. The van der Waals surface area contributed by atoms with Crippen molar-refractivity contribution >= 4 is 11.9 Å². The van der Waals surface area contributed by atoms with Gasteiger partial charge in [-0.1, -0.05) is 0 Å². The third-order valence-electron chi connectivity index (χ3n) is 3.19. The molecule has 1 aromatic heterocycles. The molecule has 0 radical (unpaired) electrons. The van der Waals surface area contributed by atoms with Crippen LogP contribution in [0, 0.1) is 0 Å². The highest BCUT2D eigenvalue weighted by atomic mass is 16.4. The fourth-order valence-corrected chi connectivity index (χ4v) is 2.14. The van der Waals surface area contributed by atoms with Crippen LogP contribution < -0.4 is 5.32 Å². The van der Waals surface area contributed by atoms with Crippen molar-refractivity contribution in [3.8, 4) is 0 Å². The van der Waals surface area contributed by atoms with Crippen molar-refractivity contribution in [3.63, 3.8) is 0 Å². The molecule has 0 atom stereocenters. The molecular formula is C13H18N4O3. The molecule has 0 bridgehead atoms. The van der Waals surface area contributed by atoms with Crippen LogP contribution in [-0.2, 0) is 11.3 Å². The summed E-state index contributed by atoms with van der Waals surface area (Å²) in [6.07, 6.45) is 4.72. The number of hydrogen-bond acceptors (Lipinski definition) is 5. The topological polar surface area (TPSA) is 95.4 Å². The molecule has 7 nitrogen and oxygen atoms in total. The number of aromatic carboxylic acids is 1. The van der Waals surface area contributed by atoms with Gasteiger partial charge in [-0.25, -0.2) is 14.8 Å². The van der Waals surface area contributed by atoms with E-state index in [-0.39, 0.29) is 24.7 Å². The number of carbonyl (C=O) groups excluding carboxylic acids is 1. The Morgan fingerprint density at radius 1 is 1.30 bits per heavy atom. The lowest BCUT2D eigenvalue weighted by Gasteiger charge is -2.26. The number of hydrogen-bond donors (Lipinski definition) is 2. The second kappa shape index (κ2) is 6.95. The predicted octanol–water partition coefficient (Wildman–Crippen LogP) is 0.277. The zero-order valence-electron chi connectivity index (χ0n) is 11.2. The van der Waals surface area contributed by atoms with E-state index in [1.807, 2.05) is 4.90 Å². The number of aromatic nitrogens is 2. The molecule has 1 aliphatic rings. The van der Waals surface area contributed by atoms with E-state index in [0.717, 1.165) is 25.9 Å². The third kappa shape index (κ3) is 3.99. The molecular weight excluding hydrogens is 260 g/mol. The van der Waals surface area contributed by atoms with E-state index in [4.69, 9.17) is 5.11 Å². The van der Waals surface area contributed by atoms with Crippen LogP contribution in [0.3, 0.4) is 0 Å². The highest BCUT2D eigenvalue weighted by Crippen LogP contribution is 2.08. The first-order valence-electron chi connectivity index (χ1n) is 6.70. The number of carboxylic acid groups (broad SMARTS) is 1. The van der Waals surface area contributed by atoms with Gasteiger partial charge < -0.3 is 15.3 Å². The summed E-state index contributed by atoms with van der Waals surface area (Å²) in [4.78, 5) is 32.4. The van der Waals surface area contributed by atoms with E-state index in [1.54, 1.807) is 0 Å². The summed E-state index contributed by atoms with van der Waals surface area (Å²) in [6, 6.07) is 1.34. The lowest BCUT2D eigenvalue weighted by molar-refractivity contribution is -0.131. The van der Waals surface area contributed by atoms with Crippen LogP contribution in [0.15, 0.2) is 12.3 Å². The molecule has 1 fully saturated rings. The van der Waals surface area contributed by atoms with Gasteiger partial charge in [0.15, 0.2) is 5.69 Å². The quantitative estimate of drug-likeness (QED) is 0.803.